The van der Waals surface area contributed by atoms with Crippen molar-refractivity contribution < 1.29 is 0 Å². The standard InChI is InChI=1S/C12H7BrCl2N4/c13-6-3-9-11(17-5-6)19(12(16)18-9)10-4-7(14)1-2-8(10)15/h1-5H,(H2,16,18). The molecule has 0 fully saturated rings. The second-order valence-corrected chi connectivity index (χ2v) is 5.66. The smallest absolute Gasteiger partial charge is 0.207 e. The summed E-state index contributed by atoms with van der Waals surface area (Å²) in [6.07, 6.45) is 1.68. The second-order valence-electron chi connectivity index (χ2n) is 3.90. The number of fused-ring (bicyclic) bond motifs is 1. The summed E-state index contributed by atoms with van der Waals surface area (Å²) in [6, 6.07) is 6.99. The molecule has 0 radical (unpaired) electrons. The molecule has 19 heavy (non-hydrogen) atoms. The lowest BCUT2D eigenvalue weighted by Gasteiger charge is -2.08. The Morgan fingerprint density at radius 1 is 1.21 bits per heavy atom. The zero-order valence-corrected chi connectivity index (χ0v) is 12.5. The van der Waals surface area contributed by atoms with Crippen molar-refractivity contribution in [2.75, 3.05) is 5.73 Å². The number of anilines is 1. The first kappa shape index (κ1) is 12.7. The maximum absolute atomic E-state index is 6.19. The molecule has 0 aliphatic heterocycles. The Morgan fingerprint density at radius 3 is 2.79 bits per heavy atom. The van der Waals surface area contributed by atoms with E-state index in [2.05, 4.69) is 25.9 Å². The van der Waals surface area contributed by atoms with Crippen LogP contribution in [0.5, 0.6) is 0 Å². The van der Waals surface area contributed by atoms with E-state index in [1.807, 2.05) is 6.07 Å². The van der Waals surface area contributed by atoms with Crippen LogP contribution in [0.4, 0.5) is 5.95 Å². The number of nitrogen functional groups attached to an aromatic ring is 1. The molecule has 0 aliphatic carbocycles. The van der Waals surface area contributed by atoms with Crippen LogP contribution in [0.3, 0.4) is 0 Å². The number of pyridine rings is 1. The maximum Gasteiger partial charge on any atom is 0.207 e. The number of benzene rings is 1. The average Bonchev–Trinajstić information content (AvgIpc) is 2.67. The molecule has 0 amide bonds. The molecule has 0 saturated heterocycles. The van der Waals surface area contributed by atoms with Gasteiger partial charge in [0, 0.05) is 15.7 Å². The van der Waals surface area contributed by atoms with Crippen LogP contribution in [-0.2, 0) is 0 Å². The highest BCUT2D eigenvalue weighted by Gasteiger charge is 2.14. The molecule has 0 atom stereocenters. The van der Waals surface area contributed by atoms with E-state index in [4.69, 9.17) is 28.9 Å². The molecular weight excluding hydrogens is 351 g/mol. The molecule has 3 aromatic rings. The fourth-order valence-corrected chi connectivity index (χ4v) is 2.54. The Morgan fingerprint density at radius 2 is 2.00 bits per heavy atom. The van der Waals surface area contributed by atoms with Gasteiger partial charge in [-0.25, -0.2) is 9.97 Å². The summed E-state index contributed by atoms with van der Waals surface area (Å²) in [4.78, 5) is 8.59. The largest absolute Gasteiger partial charge is 0.369 e. The molecule has 0 aliphatic rings. The van der Waals surface area contributed by atoms with Gasteiger partial charge >= 0.3 is 0 Å². The van der Waals surface area contributed by atoms with Gasteiger partial charge in [-0.05, 0) is 40.2 Å². The van der Waals surface area contributed by atoms with Crippen LogP contribution >= 0.6 is 39.1 Å². The maximum atomic E-state index is 6.19. The van der Waals surface area contributed by atoms with Crippen molar-refractivity contribution in [2.45, 2.75) is 0 Å². The van der Waals surface area contributed by atoms with E-state index in [-0.39, 0.29) is 0 Å². The van der Waals surface area contributed by atoms with Gasteiger partial charge in [-0.3, -0.25) is 4.57 Å². The fourth-order valence-electron chi connectivity index (χ4n) is 1.85. The minimum Gasteiger partial charge on any atom is -0.369 e. The number of nitrogens with zero attached hydrogens (tertiary/aromatic N) is 3. The van der Waals surface area contributed by atoms with E-state index in [0.717, 1.165) is 4.47 Å². The van der Waals surface area contributed by atoms with Crippen LogP contribution in [0.25, 0.3) is 16.9 Å². The van der Waals surface area contributed by atoms with Crippen molar-refractivity contribution in [3.63, 3.8) is 0 Å². The Kier molecular flexibility index (Phi) is 3.12. The van der Waals surface area contributed by atoms with E-state index >= 15 is 0 Å². The second kappa shape index (κ2) is 4.67. The number of nitrogens with two attached hydrogens (primary N) is 1. The van der Waals surface area contributed by atoms with Gasteiger partial charge in [-0.2, -0.15) is 0 Å². The van der Waals surface area contributed by atoms with Gasteiger partial charge in [-0.1, -0.05) is 23.2 Å². The summed E-state index contributed by atoms with van der Waals surface area (Å²) in [5, 5.41) is 1.10. The molecule has 0 unspecified atom stereocenters. The van der Waals surface area contributed by atoms with Crippen molar-refractivity contribution in [2.24, 2.45) is 0 Å². The topological polar surface area (TPSA) is 56.7 Å². The summed E-state index contributed by atoms with van der Waals surface area (Å²) in [6.45, 7) is 0. The summed E-state index contributed by atoms with van der Waals surface area (Å²) in [7, 11) is 0. The molecule has 1 aromatic carbocycles. The molecule has 96 valence electrons. The van der Waals surface area contributed by atoms with Crippen LogP contribution in [0, 0.1) is 0 Å². The zero-order chi connectivity index (χ0) is 13.6. The van der Waals surface area contributed by atoms with Crippen molar-refractivity contribution in [3.05, 3.63) is 45.0 Å². The van der Waals surface area contributed by atoms with Gasteiger partial charge in [-0.15, -0.1) is 0 Å². The summed E-state index contributed by atoms with van der Waals surface area (Å²) < 4.78 is 2.51. The van der Waals surface area contributed by atoms with E-state index < -0.39 is 0 Å². The highest BCUT2D eigenvalue weighted by molar-refractivity contribution is 9.10. The van der Waals surface area contributed by atoms with Crippen LogP contribution in [-0.4, -0.2) is 14.5 Å². The Hall–Kier alpha value is -1.30. The number of imidazole rings is 1. The van der Waals surface area contributed by atoms with Gasteiger partial charge in [0.25, 0.3) is 0 Å². The van der Waals surface area contributed by atoms with Gasteiger partial charge < -0.3 is 5.73 Å². The quantitative estimate of drug-likeness (QED) is 0.714. The minimum absolute atomic E-state index is 0.310. The number of hydrogen-bond acceptors (Lipinski definition) is 3. The summed E-state index contributed by atoms with van der Waals surface area (Å²) in [5.74, 6) is 0.310. The third-order valence-corrected chi connectivity index (χ3v) is 3.63. The predicted octanol–water partition coefficient (Wildman–Crippen LogP) is 4.07. The Balaban J connectivity index is 2.36. The normalized spacial score (nSPS) is 11.1. The summed E-state index contributed by atoms with van der Waals surface area (Å²) >= 11 is 15.5. The van der Waals surface area contributed by atoms with Crippen LogP contribution in [0.1, 0.15) is 0 Å². The van der Waals surface area contributed by atoms with Gasteiger partial charge in [0.05, 0.1) is 10.7 Å². The van der Waals surface area contributed by atoms with E-state index in [0.29, 0.717) is 32.8 Å². The Labute approximate surface area is 127 Å². The molecule has 0 spiro atoms. The Bertz CT molecular complexity index is 785. The monoisotopic (exact) mass is 356 g/mol. The van der Waals surface area contributed by atoms with Crippen molar-refractivity contribution >= 4 is 56.2 Å². The van der Waals surface area contributed by atoms with Crippen molar-refractivity contribution in [1.29, 1.82) is 0 Å². The minimum atomic E-state index is 0.310. The zero-order valence-electron chi connectivity index (χ0n) is 9.44. The first-order valence-electron chi connectivity index (χ1n) is 5.31. The van der Waals surface area contributed by atoms with Crippen molar-refractivity contribution in [1.82, 2.24) is 14.5 Å². The summed E-state index contributed by atoms with van der Waals surface area (Å²) in [5.41, 5.74) is 7.92. The lowest BCUT2D eigenvalue weighted by atomic mass is 10.3. The van der Waals surface area contributed by atoms with Gasteiger partial charge in [0.1, 0.15) is 5.52 Å². The molecule has 0 bridgehead atoms. The molecule has 2 N–H and O–H groups in total. The SMILES string of the molecule is Nc1nc2cc(Br)cnc2n1-c1cc(Cl)ccc1Cl. The predicted molar refractivity (Wildman–Crippen MR) is 81.0 cm³/mol. The lowest BCUT2D eigenvalue weighted by Crippen LogP contribution is -2.02. The number of aromatic nitrogens is 3. The highest BCUT2D eigenvalue weighted by Crippen LogP contribution is 2.30. The lowest BCUT2D eigenvalue weighted by molar-refractivity contribution is 1.08. The fraction of sp³-hybridized carbons (Fsp3) is 0. The van der Waals surface area contributed by atoms with Crippen molar-refractivity contribution in [3.8, 4) is 5.69 Å². The number of rotatable bonds is 1. The first-order chi connectivity index (χ1) is 9.06. The van der Waals surface area contributed by atoms with E-state index in [1.54, 1.807) is 29.0 Å². The third kappa shape index (κ3) is 2.18. The molecule has 7 heteroatoms. The van der Waals surface area contributed by atoms with Gasteiger partial charge in [0.2, 0.25) is 5.95 Å². The molecule has 0 saturated carbocycles. The average molecular weight is 358 g/mol. The van der Waals surface area contributed by atoms with Gasteiger partial charge in [0.15, 0.2) is 5.65 Å². The van der Waals surface area contributed by atoms with E-state index in [9.17, 15) is 0 Å². The molecule has 3 rings (SSSR count). The number of hydrogen-bond donors (Lipinski definition) is 1. The third-order valence-electron chi connectivity index (χ3n) is 2.64. The number of halogens is 3. The highest BCUT2D eigenvalue weighted by atomic mass is 79.9. The molecule has 4 nitrogen and oxygen atoms in total. The van der Waals surface area contributed by atoms with Crippen LogP contribution in [0.15, 0.2) is 34.9 Å². The van der Waals surface area contributed by atoms with E-state index in [1.165, 1.54) is 0 Å². The van der Waals surface area contributed by atoms with Crippen LogP contribution < -0.4 is 5.73 Å². The first-order valence-corrected chi connectivity index (χ1v) is 6.86. The van der Waals surface area contributed by atoms with Crippen LogP contribution in [0.2, 0.25) is 10.0 Å². The molecule has 2 aromatic heterocycles. The molecular formula is C12H7BrCl2N4. The molecule has 2 heterocycles.